The average molecular weight is 399 g/mol. The molecule has 0 aliphatic heterocycles. The highest BCUT2D eigenvalue weighted by Crippen LogP contribution is 2.48. The van der Waals surface area contributed by atoms with Gasteiger partial charge in [-0.05, 0) is 54.4 Å². The van der Waals surface area contributed by atoms with E-state index in [1.165, 1.54) is 32.1 Å². The van der Waals surface area contributed by atoms with Crippen LogP contribution in [0.2, 0.25) is 0 Å². The maximum absolute atomic E-state index is 6.49. The van der Waals surface area contributed by atoms with Crippen LogP contribution in [-0.2, 0) is 14.2 Å². The Balaban J connectivity index is 5.78. The third-order valence-corrected chi connectivity index (χ3v) is 5.13. The Bertz CT molecular complexity index is 363. The molecular weight excluding hydrogens is 348 g/mol. The Morgan fingerprint density at radius 3 is 1.43 bits per heavy atom. The smallest absolute Gasteiger partial charge is 0.293 e. The monoisotopic (exact) mass is 398 g/mol. The van der Waals surface area contributed by atoms with Gasteiger partial charge >= 0.3 is 0 Å². The van der Waals surface area contributed by atoms with E-state index >= 15 is 0 Å². The maximum Gasteiger partial charge on any atom is 0.293 e. The first-order valence-corrected chi connectivity index (χ1v) is 11.9. The van der Waals surface area contributed by atoms with E-state index < -0.39 is 5.97 Å². The van der Waals surface area contributed by atoms with Crippen molar-refractivity contribution in [2.75, 3.05) is 0 Å². The van der Waals surface area contributed by atoms with E-state index in [4.69, 9.17) is 14.2 Å². The quantitative estimate of drug-likeness (QED) is 0.133. The summed E-state index contributed by atoms with van der Waals surface area (Å²) in [5.41, 5.74) is -0.355. The van der Waals surface area contributed by atoms with Crippen LogP contribution in [0.5, 0.6) is 0 Å². The van der Waals surface area contributed by atoms with E-state index in [1.807, 2.05) is 0 Å². The molecule has 1 unspecified atom stereocenters. The Hall–Kier alpha value is -0.380. The predicted molar refractivity (Wildman–Crippen MR) is 122 cm³/mol. The highest BCUT2D eigenvalue weighted by atomic mass is 16.9. The van der Waals surface area contributed by atoms with Crippen LogP contribution >= 0.6 is 0 Å². The van der Waals surface area contributed by atoms with Crippen molar-refractivity contribution in [1.82, 2.24) is 0 Å². The minimum Gasteiger partial charge on any atom is -0.324 e. The van der Waals surface area contributed by atoms with E-state index in [2.05, 4.69) is 68.0 Å². The van der Waals surface area contributed by atoms with E-state index in [-0.39, 0.29) is 23.7 Å². The number of hydrogen-bond donors (Lipinski definition) is 0. The molecule has 0 bridgehead atoms. The van der Waals surface area contributed by atoms with Crippen LogP contribution in [0.1, 0.15) is 120 Å². The van der Waals surface area contributed by atoms with Crippen molar-refractivity contribution in [1.29, 1.82) is 0 Å². The van der Waals surface area contributed by atoms with Crippen molar-refractivity contribution >= 4 is 0 Å². The second kappa shape index (κ2) is 14.6. The fraction of sp³-hybridized carbons (Fsp3) is 0.920. The van der Waals surface area contributed by atoms with Gasteiger partial charge in [0.25, 0.3) is 5.97 Å². The largest absolute Gasteiger partial charge is 0.324 e. The molecule has 0 aliphatic rings. The molecule has 28 heavy (non-hydrogen) atoms. The zero-order chi connectivity index (χ0) is 21.6. The molecule has 3 nitrogen and oxygen atoms in total. The summed E-state index contributed by atoms with van der Waals surface area (Å²) in [7, 11) is 0. The van der Waals surface area contributed by atoms with Crippen molar-refractivity contribution in [2.45, 2.75) is 144 Å². The number of hydrogen-bond acceptors (Lipinski definition) is 3. The first-order chi connectivity index (χ1) is 13.2. The lowest BCUT2D eigenvalue weighted by atomic mass is 9.75. The van der Waals surface area contributed by atoms with Crippen LogP contribution in [0.25, 0.3) is 0 Å². The summed E-state index contributed by atoms with van der Waals surface area (Å²) < 4.78 is 19.5. The maximum atomic E-state index is 6.49. The van der Waals surface area contributed by atoms with Crippen LogP contribution in [0.4, 0.5) is 0 Å². The summed E-state index contributed by atoms with van der Waals surface area (Å²) in [6.07, 6.45) is 13.9. The van der Waals surface area contributed by atoms with Gasteiger partial charge in [0.15, 0.2) is 0 Å². The van der Waals surface area contributed by atoms with E-state index in [0.717, 1.165) is 32.1 Å². The molecule has 0 fully saturated rings. The Labute approximate surface area is 176 Å². The Kier molecular flexibility index (Phi) is 14.4. The normalized spacial score (nSPS) is 14.8. The lowest BCUT2D eigenvalue weighted by Crippen LogP contribution is -2.57. The van der Waals surface area contributed by atoms with Gasteiger partial charge in [0.2, 0.25) is 0 Å². The third kappa shape index (κ3) is 9.41. The molecule has 0 aromatic rings. The highest BCUT2D eigenvalue weighted by Gasteiger charge is 2.54. The SMILES string of the molecule is C=CC(CCCC)(CCCCCCCC)C(OC(C)C)(OC(C)C)OC(C)C. The predicted octanol–water partition coefficient (Wildman–Crippen LogP) is 8.03. The first-order valence-electron chi connectivity index (χ1n) is 11.9. The molecule has 0 heterocycles. The molecule has 0 aliphatic carbocycles. The van der Waals surface area contributed by atoms with Gasteiger partial charge in [0.1, 0.15) is 0 Å². The van der Waals surface area contributed by atoms with Gasteiger partial charge in [0, 0.05) is 0 Å². The van der Waals surface area contributed by atoms with Crippen LogP contribution < -0.4 is 0 Å². The molecular formula is C25H50O3. The fourth-order valence-electron chi connectivity index (χ4n) is 3.84. The van der Waals surface area contributed by atoms with Gasteiger partial charge in [-0.2, -0.15) is 0 Å². The first kappa shape index (κ1) is 27.6. The Morgan fingerprint density at radius 1 is 0.643 bits per heavy atom. The second-order valence-corrected chi connectivity index (χ2v) is 9.04. The summed E-state index contributed by atoms with van der Waals surface area (Å²) >= 11 is 0. The molecule has 3 heteroatoms. The lowest BCUT2D eigenvalue weighted by Gasteiger charge is -2.50. The van der Waals surface area contributed by atoms with E-state index in [0.29, 0.717) is 0 Å². The van der Waals surface area contributed by atoms with E-state index in [9.17, 15) is 0 Å². The highest BCUT2D eigenvalue weighted by molar-refractivity contribution is 5.02. The number of ether oxygens (including phenoxy) is 3. The summed E-state index contributed by atoms with van der Waals surface area (Å²) in [5.74, 6) is -1.09. The summed E-state index contributed by atoms with van der Waals surface area (Å²) in [6.45, 7) is 21.1. The van der Waals surface area contributed by atoms with Gasteiger partial charge in [-0.25, -0.2) is 0 Å². The molecule has 0 saturated carbocycles. The second-order valence-electron chi connectivity index (χ2n) is 9.04. The van der Waals surface area contributed by atoms with Gasteiger partial charge in [-0.3, -0.25) is 0 Å². The molecule has 0 spiro atoms. The summed E-state index contributed by atoms with van der Waals surface area (Å²) in [5, 5.41) is 0. The van der Waals surface area contributed by atoms with Crippen molar-refractivity contribution in [3.63, 3.8) is 0 Å². The minimum absolute atomic E-state index is 0.00278. The van der Waals surface area contributed by atoms with Crippen LogP contribution in [-0.4, -0.2) is 24.3 Å². The molecule has 0 amide bonds. The molecule has 1 atom stereocenters. The standard InChI is InChI=1S/C25H50O3/c1-10-13-15-16-17-18-20-24(12-3,19-14-11-2)25(26-21(4)5,27-22(6)7)28-23(8)9/h12,21-23H,3,10-11,13-20H2,1-2,4-9H3. The van der Waals surface area contributed by atoms with Gasteiger partial charge in [-0.1, -0.05) is 71.3 Å². The zero-order valence-corrected chi connectivity index (χ0v) is 20.3. The molecule has 0 saturated heterocycles. The molecule has 0 aromatic heterocycles. The molecule has 168 valence electrons. The third-order valence-electron chi connectivity index (χ3n) is 5.13. The van der Waals surface area contributed by atoms with Gasteiger partial charge in [0.05, 0.1) is 23.7 Å². The molecule has 0 radical (unpaired) electrons. The zero-order valence-electron chi connectivity index (χ0n) is 20.3. The van der Waals surface area contributed by atoms with Crippen molar-refractivity contribution in [2.24, 2.45) is 5.41 Å². The minimum atomic E-state index is -1.09. The molecule has 0 aromatic carbocycles. The van der Waals surface area contributed by atoms with Gasteiger partial charge in [-0.15, -0.1) is 6.58 Å². The summed E-state index contributed by atoms with van der Waals surface area (Å²) in [4.78, 5) is 0. The fourth-order valence-corrected chi connectivity index (χ4v) is 3.84. The number of unbranched alkanes of at least 4 members (excludes halogenated alkanes) is 6. The summed E-state index contributed by atoms with van der Waals surface area (Å²) in [6, 6.07) is 0. The van der Waals surface area contributed by atoms with E-state index in [1.54, 1.807) is 0 Å². The van der Waals surface area contributed by atoms with Crippen molar-refractivity contribution < 1.29 is 14.2 Å². The average Bonchev–Trinajstić information content (AvgIpc) is 2.58. The van der Waals surface area contributed by atoms with Crippen molar-refractivity contribution in [3.8, 4) is 0 Å². The molecule has 0 rings (SSSR count). The lowest BCUT2D eigenvalue weighted by molar-refractivity contribution is -0.449. The topological polar surface area (TPSA) is 27.7 Å². The van der Waals surface area contributed by atoms with Crippen LogP contribution in [0, 0.1) is 5.41 Å². The van der Waals surface area contributed by atoms with Crippen LogP contribution in [0.15, 0.2) is 12.7 Å². The van der Waals surface area contributed by atoms with Crippen molar-refractivity contribution in [3.05, 3.63) is 12.7 Å². The Morgan fingerprint density at radius 2 is 1.04 bits per heavy atom. The molecule has 0 N–H and O–H groups in total. The van der Waals surface area contributed by atoms with Gasteiger partial charge < -0.3 is 14.2 Å². The number of rotatable bonds is 18. The van der Waals surface area contributed by atoms with Crippen LogP contribution in [0.3, 0.4) is 0 Å².